The van der Waals surface area contributed by atoms with E-state index in [2.05, 4.69) is 21.0 Å². The third-order valence-electron chi connectivity index (χ3n) is 5.31. The molecule has 0 saturated heterocycles. The lowest BCUT2D eigenvalue weighted by molar-refractivity contribution is -0.122. The molecule has 1 saturated carbocycles. The Bertz CT molecular complexity index is 800. The molecule has 7 nitrogen and oxygen atoms in total. The molecule has 0 radical (unpaired) electrons. The van der Waals surface area contributed by atoms with Crippen LogP contribution in [0.1, 0.15) is 67.3 Å². The van der Waals surface area contributed by atoms with Crippen LogP contribution in [0.2, 0.25) is 0 Å². The molecule has 0 unspecified atom stereocenters. The lowest BCUT2D eigenvalue weighted by atomic mass is 9.86. The molecule has 29 heavy (non-hydrogen) atoms. The molecular formula is C21H29N5O2S. The van der Waals surface area contributed by atoms with Crippen LogP contribution in [0.4, 0.5) is 0 Å². The van der Waals surface area contributed by atoms with Gasteiger partial charge in [-0.3, -0.25) is 20.4 Å². The van der Waals surface area contributed by atoms with Crippen molar-refractivity contribution in [2.45, 2.75) is 62.3 Å². The minimum absolute atomic E-state index is 0.133. The Morgan fingerprint density at radius 3 is 2.59 bits per heavy atom. The van der Waals surface area contributed by atoms with Crippen LogP contribution >= 0.6 is 11.8 Å². The monoisotopic (exact) mass is 415 g/mol. The smallest absolute Gasteiger partial charge is 0.269 e. The van der Waals surface area contributed by atoms with E-state index in [4.69, 9.17) is 0 Å². The van der Waals surface area contributed by atoms with Gasteiger partial charge in [-0.15, -0.1) is 10.2 Å². The van der Waals surface area contributed by atoms with Crippen molar-refractivity contribution < 1.29 is 9.59 Å². The summed E-state index contributed by atoms with van der Waals surface area (Å²) in [4.78, 5) is 24.2. The van der Waals surface area contributed by atoms with Crippen molar-refractivity contribution in [1.82, 2.24) is 25.6 Å². The van der Waals surface area contributed by atoms with Crippen molar-refractivity contribution in [2.24, 2.45) is 13.0 Å². The highest BCUT2D eigenvalue weighted by atomic mass is 32.2. The first-order valence-electron chi connectivity index (χ1n) is 10.3. The molecule has 0 atom stereocenters. The van der Waals surface area contributed by atoms with E-state index >= 15 is 0 Å². The van der Waals surface area contributed by atoms with Crippen LogP contribution in [0, 0.1) is 5.92 Å². The summed E-state index contributed by atoms with van der Waals surface area (Å²) in [6.45, 7) is 0. The molecule has 1 aliphatic carbocycles. The second-order valence-electron chi connectivity index (χ2n) is 7.61. The second kappa shape index (κ2) is 11.0. The highest BCUT2D eigenvalue weighted by Gasteiger charge is 2.14. The topological polar surface area (TPSA) is 88.9 Å². The number of carbonyl (C=O) groups is 2. The van der Waals surface area contributed by atoms with Crippen LogP contribution in [-0.4, -0.2) is 26.6 Å². The zero-order valence-electron chi connectivity index (χ0n) is 16.9. The third-order valence-corrected chi connectivity index (χ3v) is 6.42. The molecule has 1 aliphatic rings. The van der Waals surface area contributed by atoms with Crippen LogP contribution in [0.3, 0.4) is 0 Å². The largest absolute Gasteiger partial charge is 0.312 e. The molecule has 2 N–H and O–H groups in total. The number of thioether (sulfide) groups is 1. The van der Waals surface area contributed by atoms with E-state index < -0.39 is 0 Å². The van der Waals surface area contributed by atoms with Crippen LogP contribution in [-0.2, 0) is 17.6 Å². The summed E-state index contributed by atoms with van der Waals surface area (Å²) in [5, 5.41) is 8.73. The fourth-order valence-electron chi connectivity index (χ4n) is 3.59. The minimum Gasteiger partial charge on any atom is -0.312 e. The summed E-state index contributed by atoms with van der Waals surface area (Å²) in [7, 11) is 1.90. The third kappa shape index (κ3) is 6.88. The number of nitrogens with one attached hydrogen (secondary N) is 2. The first-order chi connectivity index (χ1) is 14.1. The number of aromatic nitrogens is 3. The molecule has 1 aromatic carbocycles. The average Bonchev–Trinajstić information content (AvgIpc) is 3.16. The summed E-state index contributed by atoms with van der Waals surface area (Å²) in [5.74, 6) is 1.08. The van der Waals surface area contributed by atoms with E-state index in [0.29, 0.717) is 12.0 Å². The van der Waals surface area contributed by atoms with Gasteiger partial charge in [0.25, 0.3) is 5.91 Å². The van der Waals surface area contributed by atoms with Gasteiger partial charge >= 0.3 is 0 Å². The molecule has 8 heteroatoms. The van der Waals surface area contributed by atoms with Crippen LogP contribution in [0.15, 0.2) is 35.7 Å². The zero-order valence-corrected chi connectivity index (χ0v) is 17.7. The molecule has 0 bridgehead atoms. The van der Waals surface area contributed by atoms with Crippen molar-refractivity contribution in [3.05, 3.63) is 41.7 Å². The maximum absolute atomic E-state index is 12.2. The molecular weight excluding hydrogens is 386 g/mol. The van der Waals surface area contributed by atoms with Crippen LogP contribution < -0.4 is 10.9 Å². The van der Waals surface area contributed by atoms with Gasteiger partial charge in [-0.1, -0.05) is 56.0 Å². The minimum atomic E-state index is -0.307. The molecule has 1 heterocycles. The number of aryl methyl sites for hydroxylation is 1. The number of carbonyl (C=O) groups excluding carboxylic acids is 2. The molecule has 1 aromatic heterocycles. The molecule has 2 amide bonds. The normalized spacial score (nSPS) is 14.5. The highest BCUT2D eigenvalue weighted by molar-refractivity contribution is 7.98. The van der Waals surface area contributed by atoms with Gasteiger partial charge in [0.05, 0.1) is 0 Å². The van der Waals surface area contributed by atoms with Gasteiger partial charge < -0.3 is 4.57 Å². The van der Waals surface area contributed by atoms with E-state index in [1.165, 1.54) is 32.1 Å². The summed E-state index contributed by atoms with van der Waals surface area (Å²) in [6.07, 6.45) is 10.7. The van der Waals surface area contributed by atoms with Crippen molar-refractivity contribution in [2.75, 3.05) is 0 Å². The Balaban J connectivity index is 1.35. The molecule has 0 spiro atoms. The standard InChI is InChI=1S/C21H29N5O2S/c1-26-15-22-25-21(26)29-14-17-10-12-18(13-11-17)20(28)24-23-19(27)9-5-8-16-6-3-2-4-7-16/h10-13,15-16H,2-9,14H2,1H3,(H,23,27)(H,24,28). The van der Waals surface area contributed by atoms with Gasteiger partial charge in [0, 0.05) is 24.8 Å². The zero-order chi connectivity index (χ0) is 20.5. The predicted octanol–water partition coefficient (Wildman–Crippen LogP) is 3.62. The maximum atomic E-state index is 12.2. The fourth-order valence-corrected chi connectivity index (χ4v) is 4.44. The molecule has 2 aromatic rings. The van der Waals surface area contributed by atoms with Crippen molar-refractivity contribution >= 4 is 23.6 Å². The summed E-state index contributed by atoms with van der Waals surface area (Å²) in [6, 6.07) is 7.34. The number of benzene rings is 1. The van der Waals surface area contributed by atoms with E-state index in [-0.39, 0.29) is 11.8 Å². The summed E-state index contributed by atoms with van der Waals surface area (Å²) >= 11 is 1.58. The second-order valence-corrected chi connectivity index (χ2v) is 8.55. The Morgan fingerprint density at radius 2 is 1.90 bits per heavy atom. The van der Waals surface area contributed by atoms with E-state index in [0.717, 1.165) is 35.2 Å². The Morgan fingerprint density at radius 1 is 1.14 bits per heavy atom. The SMILES string of the molecule is Cn1cnnc1SCc1ccc(C(=O)NNC(=O)CCCC2CCCCC2)cc1. The van der Waals surface area contributed by atoms with Gasteiger partial charge in [-0.05, 0) is 36.5 Å². The number of nitrogens with zero attached hydrogens (tertiary/aromatic N) is 3. The Hall–Kier alpha value is -2.35. The molecule has 156 valence electrons. The van der Waals surface area contributed by atoms with Gasteiger partial charge in [0.15, 0.2) is 5.16 Å². The number of hydrazine groups is 1. The lowest BCUT2D eigenvalue weighted by Gasteiger charge is -2.21. The van der Waals surface area contributed by atoms with Gasteiger partial charge in [0.1, 0.15) is 6.33 Å². The quantitative estimate of drug-likeness (QED) is 0.508. The molecule has 0 aliphatic heterocycles. The van der Waals surface area contributed by atoms with Gasteiger partial charge in [-0.2, -0.15) is 0 Å². The van der Waals surface area contributed by atoms with E-state index in [1.807, 2.05) is 23.7 Å². The fraction of sp³-hybridized carbons (Fsp3) is 0.524. The van der Waals surface area contributed by atoms with Crippen LogP contribution in [0.25, 0.3) is 0 Å². The van der Waals surface area contributed by atoms with Gasteiger partial charge in [0.2, 0.25) is 5.91 Å². The summed E-state index contributed by atoms with van der Waals surface area (Å²) in [5.41, 5.74) is 6.62. The van der Waals surface area contributed by atoms with Gasteiger partial charge in [-0.25, -0.2) is 0 Å². The number of amides is 2. The molecule has 3 rings (SSSR count). The van der Waals surface area contributed by atoms with E-state index in [9.17, 15) is 9.59 Å². The number of hydrogen-bond acceptors (Lipinski definition) is 5. The average molecular weight is 416 g/mol. The first kappa shape index (κ1) is 21.4. The predicted molar refractivity (Wildman–Crippen MR) is 113 cm³/mol. The maximum Gasteiger partial charge on any atom is 0.269 e. The van der Waals surface area contributed by atoms with Crippen LogP contribution in [0.5, 0.6) is 0 Å². The Labute approximate surface area is 176 Å². The number of hydrogen-bond donors (Lipinski definition) is 2. The first-order valence-corrected chi connectivity index (χ1v) is 11.3. The number of rotatable bonds is 8. The summed E-state index contributed by atoms with van der Waals surface area (Å²) < 4.78 is 1.87. The Kier molecular flexibility index (Phi) is 8.10. The van der Waals surface area contributed by atoms with E-state index in [1.54, 1.807) is 30.2 Å². The van der Waals surface area contributed by atoms with Crippen molar-refractivity contribution in [1.29, 1.82) is 0 Å². The van der Waals surface area contributed by atoms with Crippen molar-refractivity contribution in [3.8, 4) is 0 Å². The highest BCUT2D eigenvalue weighted by Crippen LogP contribution is 2.27. The van der Waals surface area contributed by atoms with Crippen molar-refractivity contribution in [3.63, 3.8) is 0 Å². The lowest BCUT2D eigenvalue weighted by Crippen LogP contribution is -2.41. The molecule has 1 fully saturated rings.